The van der Waals surface area contributed by atoms with Crippen molar-refractivity contribution >= 4 is 22.7 Å². The molecule has 1 heterocycles. The highest BCUT2D eigenvalue weighted by atomic mass is 16.5. The first-order chi connectivity index (χ1) is 9.69. The molecular weight excluding hydrogens is 260 g/mol. The Morgan fingerprint density at radius 1 is 1.35 bits per heavy atom. The molecule has 0 saturated carbocycles. The first kappa shape index (κ1) is 14.4. The lowest BCUT2D eigenvalue weighted by Crippen LogP contribution is -2.31. The number of aliphatic hydroxyl groups is 1. The van der Waals surface area contributed by atoms with Gasteiger partial charge in [-0.2, -0.15) is 0 Å². The molecule has 6 nitrogen and oxygen atoms in total. The van der Waals surface area contributed by atoms with E-state index in [9.17, 15) is 4.79 Å². The van der Waals surface area contributed by atoms with Gasteiger partial charge in [0, 0.05) is 17.6 Å². The molecule has 1 aromatic carbocycles. The van der Waals surface area contributed by atoms with E-state index in [4.69, 9.17) is 14.3 Å². The number of hydrogen-bond donors (Lipinski definition) is 3. The number of hydrogen-bond acceptors (Lipinski definition) is 4. The molecule has 6 heteroatoms. The maximum absolute atomic E-state index is 11.6. The summed E-state index contributed by atoms with van der Waals surface area (Å²) in [6.45, 7) is 2.90. The standard InChI is InChI=1S/C14H18N2O4/c1-10-8-11-9-12(2-3-13(11)20-10)16-14(18)15-4-6-19-7-5-17/h2-3,8-9,17H,4-7H2,1H3,(H2,15,16,18). The number of aliphatic hydroxyl groups excluding tert-OH is 1. The summed E-state index contributed by atoms with van der Waals surface area (Å²) < 4.78 is 10.5. The molecule has 0 bridgehead atoms. The summed E-state index contributed by atoms with van der Waals surface area (Å²) >= 11 is 0. The fourth-order valence-electron chi connectivity index (χ4n) is 1.83. The lowest BCUT2D eigenvalue weighted by Gasteiger charge is -2.07. The zero-order valence-corrected chi connectivity index (χ0v) is 11.3. The van der Waals surface area contributed by atoms with Crippen LogP contribution < -0.4 is 10.6 Å². The molecule has 0 aliphatic rings. The van der Waals surface area contributed by atoms with E-state index >= 15 is 0 Å². The van der Waals surface area contributed by atoms with Gasteiger partial charge in [-0.3, -0.25) is 0 Å². The highest BCUT2D eigenvalue weighted by Gasteiger charge is 2.04. The predicted molar refractivity (Wildman–Crippen MR) is 75.9 cm³/mol. The molecule has 2 aromatic rings. The Hall–Kier alpha value is -2.05. The van der Waals surface area contributed by atoms with Gasteiger partial charge in [-0.25, -0.2) is 4.79 Å². The van der Waals surface area contributed by atoms with Crippen molar-refractivity contribution in [3.8, 4) is 0 Å². The second-order valence-electron chi connectivity index (χ2n) is 4.33. The summed E-state index contributed by atoms with van der Waals surface area (Å²) in [5.74, 6) is 0.836. The summed E-state index contributed by atoms with van der Waals surface area (Å²) in [7, 11) is 0. The average Bonchev–Trinajstić information content (AvgIpc) is 2.78. The Kier molecular flexibility index (Phi) is 4.97. The number of nitrogens with one attached hydrogen (secondary N) is 2. The van der Waals surface area contributed by atoms with Gasteiger partial charge in [-0.1, -0.05) is 0 Å². The first-order valence-electron chi connectivity index (χ1n) is 6.42. The fraction of sp³-hybridized carbons (Fsp3) is 0.357. The third kappa shape index (κ3) is 3.97. The normalized spacial score (nSPS) is 10.7. The molecule has 0 saturated heterocycles. The Morgan fingerprint density at radius 3 is 3.00 bits per heavy atom. The SMILES string of the molecule is Cc1cc2cc(NC(=O)NCCOCCO)ccc2o1. The lowest BCUT2D eigenvalue weighted by atomic mass is 10.2. The molecule has 0 atom stereocenters. The van der Waals surface area contributed by atoms with Crippen LogP contribution in [0, 0.1) is 6.92 Å². The van der Waals surface area contributed by atoms with Crippen LogP contribution in [-0.4, -0.2) is 37.5 Å². The van der Waals surface area contributed by atoms with Crippen LogP contribution >= 0.6 is 0 Å². The number of carbonyl (C=O) groups is 1. The molecule has 20 heavy (non-hydrogen) atoms. The van der Waals surface area contributed by atoms with Gasteiger partial charge in [0.15, 0.2) is 0 Å². The summed E-state index contributed by atoms with van der Waals surface area (Å²) in [6.07, 6.45) is 0. The van der Waals surface area contributed by atoms with Crippen molar-refractivity contribution in [1.29, 1.82) is 0 Å². The fourth-order valence-corrected chi connectivity index (χ4v) is 1.83. The Morgan fingerprint density at radius 2 is 2.20 bits per heavy atom. The van der Waals surface area contributed by atoms with Crippen molar-refractivity contribution < 1.29 is 19.1 Å². The number of aryl methyl sites for hydroxylation is 1. The third-order valence-corrected chi connectivity index (χ3v) is 2.66. The van der Waals surface area contributed by atoms with Crippen molar-refractivity contribution in [3.05, 3.63) is 30.0 Å². The number of benzene rings is 1. The van der Waals surface area contributed by atoms with Crippen molar-refractivity contribution in [2.45, 2.75) is 6.92 Å². The smallest absolute Gasteiger partial charge is 0.319 e. The third-order valence-electron chi connectivity index (χ3n) is 2.66. The van der Waals surface area contributed by atoms with E-state index in [0.29, 0.717) is 18.8 Å². The van der Waals surface area contributed by atoms with Gasteiger partial charge in [0.2, 0.25) is 0 Å². The zero-order valence-electron chi connectivity index (χ0n) is 11.3. The van der Waals surface area contributed by atoms with Gasteiger partial charge in [-0.05, 0) is 31.2 Å². The van der Waals surface area contributed by atoms with Crippen LogP contribution in [0.2, 0.25) is 0 Å². The Balaban J connectivity index is 1.83. The minimum Gasteiger partial charge on any atom is -0.461 e. The van der Waals surface area contributed by atoms with Crippen LogP contribution in [0.15, 0.2) is 28.7 Å². The van der Waals surface area contributed by atoms with Gasteiger partial charge in [0.1, 0.15) is 11.3 Å². The molecule has 0 spiro atoms. The van der Waals surface area contributed by atoms with Crippen LogP contribution in [0.5, 0.6) is 0 Å². The Bertz CT molecular complexity index is 580. The van der Waals surface area contributed by atoms with Crippen LogP contribution in [-0.2, 0) is 4.74 Å². The maximum atomic E-state index is 11.6. The van der Waals surface area contributed by atoms with Crippen LogP contribution in [0.4, 0.5) is 10.5 Å². The molecule has 2 rings (SSSR count). The van der Waals surface area contributed by atoms with Gasteiger partial charge < -0.3 is 24.9 Å². The summed E-state index contributed by atoms with van der Waals surface area (Å²) in [5.41, 5.74) is 1.50. The van der Waals surface area contributed by atoms with Crippen molar-refractivity contribution in [3.63, 3.8) is 0 Å². The molecule has 0 unspecified atom stereocenters. The quantitative estimate of drug-likeness (QED) is 0.704. The Labute approximate surface area is 116 Å². The highest BCUT2D eigenvalue weighted by Crippen LogP contribution is 2.22. The van der Waals surface area contributed by atoms with Crippen LogP contribution in [0.1, 0.15) is 5.76 Å². The second-order valence-corrected chi connectivity index (χ2v) is 4.33. The summed E-state index contributed by atoms with van der Waals surface area (Å²) in [5, 5.41) is 14.9. The minimum atomic E-state index is -0.294. The molecule has 0 aliphatic carbocycles. The van der Waals surface area contributed by atoms with Crippen molar-refractivity contribution in [2.24, 2.45) is 0 Å². The molecule has 1 aromatic heterocycles. The van der Waals surface area contributed by atoms with E-state index in [1.807, 2.05) is 25.1 Å². The van der Waals surface area contributed by atoms with Gasteiger partial charge in [-0.15, -0.1) is 0 Å². The number of amides is 2. The summed E-state index contributed by atoms with van der Waals surface area (Å²) in [6, 6.07) is 7.08. The van der Waals surface area contributed by atoms with Crippen molar-refractivity contribution in [1.82, 2.24) is 5.32 Å². The first-order valence-corrected chi connectivity index (χ1v) is 6.42. The average molecular weight is 278 g/mol. The number of urea groups is 1. The molecule has 0 fully saturated rings. The number of rotatable bonds is 6. The van der Waals surface area contributed by atoms with Crippen molar-refractivity contribution in [2.75, 3.05) is 31.7 Å². The van der Waals surface area contributed by atoms with Gasteiger partial charge in [0.05, 0.1) is 19.8 Å². The number of anilines is 1. The van der Waals surface area contributed by atoms with Gasteiger partial charge >= 0.3 is 6.03 Å². The minimum absolute atomic E-state index is 0.0175. The summed E-state index contributed by atoms with van der Waals surface area (Å²) in [4.78, 5) is 11.6. The number of carbonyl (C=O) groups excluding carboxylic acids is 1. The molecule has 108 valence electrons. The number of fused-ring (bicyclic) bond motifs is 1. The van der Waals surface area contributed by atoms with E-state index in [1.54, 1.807) is 6.07 Å². The molecule has 3 N–H and O–H groups in total. The topological polar surface area (TPSA) is 83.7 Å². The maximum Gasteiger partial charge on any atom is 0.319 e. The van der Waals surface area contributed by atoms with E-state index in [-0.39, 0.29) is 19.2 Å². The van der Waals surface area contributed by atoms with Crippen LogP contribution in [0.25, 0.3) is 11.0 Å². The van der Waals surface area contributed by atoms with E-state index in [1.165, 1.54) is 0 Å². The number of ether oxygens (including phenoxy) is 1. The molecule has 0 aliphatic heterocycles. The zero-order chi connectivity index (χ0) is 14.4. The van der Waals surface area contributed by atoms with Crippen LogP contribution in [0.3, 0.4) is 0 Å². The molecule has 2 amide bonds. The number of furan rings is 1. The lowest BCUT2D eigenvalue weighted by molar-refractivity contribution is 0.0950. The predicted octanol–water partition coefficient (Wildman–Crippen LogP) is 1.87. The monoisotopic (exact) mass is 278 g/mol. The second kappa shape index (κ2) is 6.93. The van der Waals surface area contributed by atoms with E-state index in [2.05, 4.69) is 10.6 Å². The molecule has 0 radical (unpaired) electrons. The molecular formula is C14H18N2O4. The van der Waals surface area contributed by atoms with E-state index < -0.39 is 0 Å². The van der Waals surface area contributed by atoms with Gasteiger partial charge in [0.25, 0.3) is 0 Å². The largest absolute Gasteiger partial charge is 0.461 e. The van der Waals surface area contributed by atoms with E-state index in [0.717, 1.165) is 16.7 Å². The highest BCUT2D eigenvalue weighted by molar-refractivity contribution is 5.92.